The maximum atomic E-state index is 12.6. The minimum Gasteiger partial charge on any atom is -0.505 e. The van der Waals surface area contributed by atoms with E-state index in [0.717, 1.165) is 5.56 Å². The molecule has 3 aromatic rings. The monoisotopic (exact) mass is 450 g/mol. The molecular formula is C24H26N4O5. The van der Waals surface area contributed by atoms with Crippen LogP contribution in [0.4, 0.5) is 17.1 Å². The fourth-order valence-electron chi connectivity index (χ4n) is 3.29. The second-order valence-electron chi connectivity index (χ2n) is 7.94. The third-order valence-electron chi connectivity index (χ3n) is 5.26. The average Bonchev–Trinajstić information content (AvgIpc) is 2.81. The molecule has 0 unspecified atom stereocenters. The second-order valence-corrected chi connectivity index (χ2v) is 7.94. The fourth-order valence-corrected chi connectivity index (χ4v) is 3.29. The molecule has 172 valence electrons. The van der Waals surface area contributed by atoms with Crippen LogP contribution in [0, 0.1) is 0 Å². The zero-order valence-electron chi connectivity index (χ0n) is 18.8. The van der Waals surface area contributed by atoms with Gasteiger partial charge in [-0.25, -0.2) is 0 Å². The van der Waals surface area contributed by atoms with Crippen molar-refractivity contribution in [1.29, 1.82) is 0 Å². The molecule has 9 nitrogen and oxygen atoms in total. The van der Waals surface area contributed by atoms with Crippen molar-refractivity contribution >= 4 is 28.9 Å². The van der Waals surface area contributed by atoms with Crippen LogP contribution in [-0.2, 0) is 4.79 Å². The van der Waals surface area contributed by atoms with Gasteiger partial charge in [-0.15, -0.1) is 0 Å². The summed E-state index contributed by atoms with van der Waals surface area (Å²) in [6.07, 6.45) is 0. The van der Waals surface area contributed by atoms with Gasteiger partial charge in [0, 0.05) is 14.1 Å². The molecule has 0 fully saturated rings. The third-order valence-corrected chi connectivity index (χ3v) is 5.26. The van der Waals surface area contributed by atoms with Gasteiger partial charge in [0.25, 0.3) is 16.8 Å². The number of rotatable bonds is 8. The van der Waals surface area contributed by atoms with E-state index < -0.39 is 22.8 Å². The maximum Gasteiger partial charge on any atom is 0.257 e. The van der Waals surface area contributed by atoms with Crippen LogP contribution in [0.25, 0.3) is 0 Å². The summed E-state index contributed by atoms with van der Waals surface area (Å²) >= 11 is 0. The van der Waals surface area contributed by atoms with E-state index in [0.29, 0.717) is 0 Å². The topological polar surface area (TPSA) is 128 Å². The number of para-hydroxylation sites is 1. The summed E-state index contributed by atoms with van der Waals surface area (Å²) in [6.45, 7) is 3.41. The van der Waals surface area contributed by atoms with Gasteiger partial charge in [0.15, 0.2) is 5.75 Å². The lowest BCUT2D eigenvalue weighted by Crippen LogP contribution is -2.44. The maximum absolute atomic E-state index is 12.6. The van der Waals surface area contributed by atoms with E-state index in [2.05, 4.69) is 16.0 Å². The molecule has 0 radical (unpaired) electrons. The van der Waals surface area contributed by atoms with Gasteiger partial charge in [-0.3, -0.25) is 19.2 Å². The SMILES string of the molecule is C[C@H](Nc1c(Nc2cccc(C(=O)N(C)C)c2O)c(=O)c1=O)C(=O)N[C@H](C)c1ccccc1. The standard InChI is InChI=1S/C24H26N4O5/c1-13(15-9-6-5-7-10-15)26-23(32)14(2)25-18-19(22(31)21(18)30)27-17-12-8-11-16(20(17)29)24(33)28(3)4/h5-14,25,27,29H,1-4H3,(H,26,32)/t13-,14+/m1/s1. The van der Waals surface area contributed by atoms with E-state index in [9.17, 15) is 24.3 Å². The normalized spacial score (nSPS) is 12.6. The molecule has 2 amide bonds. The van der Waals surface area contributed by atoms with Gasteiger partial charge >= 0.3 is 0 Å². The molecule has 0 heterocycles. The van der Waals surface area contributed by atoms with Gasteiger partial charge < -0.3 is 26.0 Å². The van der Waals surface area contributed by atoms with E-state index in [4.69, 9.17) is 0 Å². The van der Waals surface area contributed by atoms with Crippen LogP contribution >= 0.6 is 0 Å². The van der Waals surface area contributed by atoms with Crippen molar-refractivity contribution in [2.45, 2.75) is 25.9 Å². The number of carbonyl (C=O) groups is 2. The Kier molecular flexibility index (Phi) is 6.81. The Labute approximate surface area is 190 Å². The Balaban J connectivity index is 1.75. The lowest BCUT2D eigenvalue weighted by Gasteiger charge is -2.22. The number of nitrogens with one attached hydrogen (secondary N) is 3. The number of carbonyl (C=O) groups excluding carboxylic acids is 2. The molecule has 0 bridgehead atoms. The molecule has 0 saturated heterocycles. The number of hydrogen-bond donors (Lipinski definition) is 4. The highest BCUT2D eigenvalue weighted by atomic mass is 16.3. The van der Waals surface area contributed by atoms with Gasteiger partial charge in [-0.1, -0.05) is 36.4 Å². The van der Waals surface area contributed by atoms with Crippen LogP contribution in [-0.4, -0.2) is 42.0 Å². The van der Waals surface area contributed by atoms with Crippen molar-refractivity contribution in [1.82, 2.24) is 10.2 Å². The zero-order chi connectivity index (χ0) is 24.3. The molecule has 0 spiro atoms. The predicted molar refractivity (Wildman–Crippen MR) is 127 cm³/mol. The van der Waals surface area contributed by atoms with Crippen LogP contribution in [0.3, 0.4) is 0 Å². The molecule has 0 aromatic heterocycles. The molecule has 3 aromatic carbocycles. The highest BCUT2D eigenvalue weighted by Gasteiger charge is 2.26. The molecule has 3 rings (SSSR count). The summed E-state index contributed by atoms with van der Waals surface area (Å²) in [5.41, 5.74) is -0.635. The van der Waals surface area contributed by atoms with Crippen molar-refractivity contribution < 1.29 is 14.7 Å². The summed E-state index contributed by atoms with van der Waals surface area (Å²) in [4.78, 5) is 50.4. The number of phenolic OH excluding ortho intramolecular Hbond substituents is 1. The van der Waals surface area contributed by atoms with E-state index in [1.165, 1.54) is 17.0 Å². The molecule has 9 heteroatoms. The van der Waals surface area contributed by atoms with Crippen molar-refractivity contribution in [3.63, 3.8) is 0 Å². The Morgan fingerprint density at radius 1 is 0.909 bits per heavy atom. The first-order valence-electron chi connectivity index (χ1n) is 10.4. The van der Waals surface area contributed by atoms with Gasteiger partial charge in [-0.05, 0) is 31.5 Å². The van der Waals surface area contributed by atoms with E-state index >= 15 is 0 Å². The zero-order valence-corrected chi connectivity index (χ0v) is 18.8. The summed E-state index contributed by atoms with van der Waals surface area (Å²) in [5, 5.41) is 18.8. The number of nitrogens with zero attached hydrogens (tertiary/aromatic N) is 1. The Morgan fingerprint density at radius 2 is 1.55 bits per heavy atom. The van der Waals surface area contributed by atoms with Gasteiger partial charge in [0.2, 0.25) is 5.91 Å². The molecule has 4 N–H and O–H groups in total. The van der Waals surface area contributed by atoms with E-state index in [1.807, 2.05) is 37.3 Å². The Morgan fingerprint density at radius 3 is 2.18 bits per heavy atom. The van der Waals surface area contributed by atoms with Gasteiger partial charge in [-0.2, -0.15) is 0 Å². The van der Waals surface area contributed by atoms with Crippen LogP contribution in [0.15, 0.2) is 58.1 Å². The van der Waals surface area contributed by atoms with E-state index in [-0.39, 0.29) is 40.3 Å². The van der Waals surface area contributed by atoms with Crippen molar-refractivity contribution in [3.05, 3.63) is 80.1 Å². The number of aromatic hydroxyl groups is 1. The quantitative estimate of drug-likeness (QED) is 0.306. The summed E-state index contributed by atoms with van der Waals surface area (Å²) in [5.74, 6) is -1.12. The van der Waals surface area contributed by atoms with Gasteiger partial charge in [0.05, 0.1) is 17.3 Å². The first kappa shape index (κ1) is 23.5. The molecular weight excluding hydrogens is 424 g/mol. The number of hydrogen-bond acceptors (Lipinski definition) is 7. The summed E-state index contributed by atoms with van der Waals surface area (Å²) in [6, 6.07) is 12.8. The first-order valence-corrected chi connectivity index (χ1v) is 10.4. The van der Waals surface area contributed by atoms with Crippen LogP contribution < -0.4 is 26.8 Å². The summed E-state index contributed by atoms with van der Waals surface area (Å²) < 4.78 is 0. The van der Waals surface area contributed by atoms with Crippen LogP contribution in [0.1, 0.15) is 35.8 Å². The Bertz CT molecular complexity index is 1250. The second kappa shape index (κ2) is 9.56. The average molecular weight is 450 g/mol. The van der Waals surface area contributed by atoms with E-state index in [1.54, 1.807) is 27.1 Å². The minimum atomic E-state index is -0.810. The number of anilines is 3. The number of phenols is 1. The fraction of sp³-hybridized carbons (Fsp3) is 0.250. The lowest BCUT2D eigenvalue weighted by atomic mass is 10.1. The Hall–Kier alpha value is -4.14. The van der Waals surface area contributed by atoms with Gasteiger partial charge in [0.1, 0.15) is 17.4 Å². The number of amides is 2. The molecule has 0 saturated carbocycles. The molecule has 0 aliphatic rings. The highest BCUT2D eigenvalue weighted by Crippen LogP contribution is 2.32. The largest absolute Gasteiger partial charge is 0.505 e. The smallest absolute Gasteiger partial charge is 0.257 e. The first-order chi connectivity index (χ1) is 15.6. The van der Waals surface area contributed by atoms with Crippen LogP contribution in [0.5, 0.6) is 5.75 Å². The molecule has 33 heavy (non-hydrogen) atoms. The molecule has 0 aliphatic heterocycles. The lowest BCUT2D eigenvalue weighted by molar-refractivity contribution is -0.122. The minimum absolute atomic E-state index is 0.0425. The van der Waals surface area contributed by atoms with Crippen molar-refractivity contribution in [2.24, 2.45) is 0 Å². The number of benzene rings is 2. The summed E-state index contributed by atoms with van der Waals surface area (Å²) in [7, 11) is 3.09. The highest BCUT2D eigenvalue weighted by molar-refractivity contribution is 5.99. The molecule has 2 atom stereocenters. The predicted octanol–water partition coefficient (Wildman–Crippen LogP) is 2.11. The third kappa shape index (κ3) is 4.87. The van der Waals surface area contributed by atoms with Crippen molar-refractivity contribution in [3.8, 4) is 5.75 Å². The van der Waals surface area contributed by atoms with Crippen molar-refractivity contribution in [2.75, 3.05) is 24.7 Å². The molecule has 0 aliphatic carbocycles. The van der Waals surface area contributed by atoms with Crippen LogP contribution in [0.2, 0.25) is 0 Å².